The van der Waals surface area contributed by atoms with Crippen molar-refractivity contribution in [1.29, 1.82) is 0 Å². The molecule has 0 bridgehead atoms. The van der Waals surface area contributed by atoms with Gasteiger partial charge in [0.2, 0.25) is 0 Å². The number of carbonyl (C=O) groups is 1. The van der Waals surface area contributed by atoms with Crippen molar-refractivity contribution in [3.8, 4) is 11.5 Å². The zero-order valence-electron chi connectivity index (χ0n) is 15.4. The monoisotopic (exact) mass is 366 g/mol. The summed E-state index contributed by atoms with van der Waals surface area (Å²) in [5.74, 6) is 1.92. The summed E-state index contributed by atoms with van der Waals surface area (Å²) in [6, 6.07) is 11.3. The van der Waals surface area contributed by atoms with E-state index in [2.05, 4.69) is 15.3 Å². The van der Waals surface area contributed by atoms with Crippen molar-refractivity contribution < 1.29 is 14.3 Å². The fourth-order valence-corrected chi connectivity index (χ4v) is 2.87. The lowest BCUT2D eigenvalue weighted by Crippen LogP contribution is -2.11. The highest BCUT2D eigenvalue weighted by atomic mass is 16.5. The van der Waals surface area contributed by atoms with Gasteiger partial charge in [0.25, 0.3) is 0 Å². The van der Waals surface area contributed by atoms with Crippen molar-refractivity contribution in [3.05, 3.63) is 48.3 Å². The number of nitrogens with zero attached hydrogens (tertiary/aromatic N) is 2. The number of nitrogens with one attached hydrogen (secondary N) is 1. The summed E-state index contributed by atoms with van der Waals surface area (Å²) in [5, 5.41) is 4.11. The maximum Gasteiger partial charge on any atom is 0.162 e. The number of Topliss-reactive ketones (excluding diaryl/α,β-unsaturated/α-hetero) is 1. The molecule has 1 heterocycles. The summed E-state index contributed by atoms with van der Waals surface area (Å²) in [6.07, 6.45) is 2.17. The van der Waals surface area contributed by atoms with Gasteiger partial charge in [-0.1, -0.05) is 18.2 Å². The minimum atomic E-state index is 0.103. The van der Waals surface area contributed by atoms with Crippen molar-refractivity contribution in [1.82, 2.24) is 9.97 Å². The van der Waals surface area contributed by atoms with E-state index in [0.717, 1.165) is 22.2 Å². The van der Waals surface area contributed by atoms with E-state index in [1.165, 1.54) is 6.33 Å². The maximum atomic E-state index is 12.0. The Morgan fingerprint density at radius 3 is 2.59 bits per heavy atom. The number of aromatic nitrogens is 2. The fraction of sp³-hybridized carbons (Fsp3) is 0.250. The summed E-state index contributed by atoms with van der Waals surface area (Å²) in [6.45, 7) is 0.354. The number of nitrogens with two attached hydrogens (primary N) is 1. The third-order valence-electron chi connectivity index (χ3n) is 4.22. The molecule has 3 N–H and O–H groups in total. The molecule has 7 nitrogen and oxygen atoms in total. The number of anilines is 2. The highest BCUT2D eigenvalue weighted by Gasteiger charge is 2.13. The number of para-hydroxylation sites is 1. The molecular formula is C20H22N4O3. The molecule has 0 aliphatic rings. The normalized spacial score (nSPS) is 10.6. The number of fused-ring (bicyclic) bond motifs is 1. The Kier molecular flexibility index (Phi) is 5.83. The smallest absolute Gasteiger partial charge is 0.162 e. The average molecular weight is 366 g/mol. The molecule has 7 heteroatoms. The molecule has 3 rings (SSSR count). The first-order chi connectivity index (χ1) is 13.2. The van der Waals surface area contributed by atoms with Crippen LogP contribution < -0.4 is 20.5 Å². The second kappa shape index (κ2) is 8.46. The minimum absolute atomic E-state index is 0.103. The highest BCUT2D eigenvalue weighted by molar-refractivity contribution is 5.93. The van der Waals surface area contributed by atoms with Crippen molar-refractivity contribution in [3.63, 3.8) is 0 Å². The Morgan fingerprint density at radius 1 is 1.11 bits per heavy atom. The summed E-state index contributed by atoms with van der Waals surface area (Å²) in [5.41, 5.74) is 7.92. The van der Waals surface area contributed by atoms with E-state index in [1.54, 1.807) is 20.3 Å². The van der Waals surface area contributed by atoms with Crippen LogP contribution in [0.15, 0.2) is 42.7 Å². The Hall–Kier alpha value is -3.19. The van der Waals surface area contributed by atoms with E-state index in [-0.39, 0.29) is 5.78 Å². The molecular weight excluding hydrogens is 344 g/mol. The number of ketones is 1. The van der Waals surface area contributed by atoms with Crippen molar-refractivity contribution >= 4 is 28.2 Å². The van der Waals surface area contributed by atoms with Gasteiger partial charge in [0.15, 0.2) is 11.5 Å². The van der Waals surface area contributed by atoms with Gasteiger partial charge in [-0.05, 0) is 24.2 Å². The van der Waals surface area contributed by atoms with Gasteiger partial charge in [-0.15, -0.1) is 0 Å². The van der Waals surface area contributed by atoms with Crippen LogP contribution in [0.1, 0.15) is 12.0 Å². The van der Waals surface area contributed by atoms with Crippen LogP contribution in [0.5, 0.6) is 11.5 Å². The first-order valence-electron chi connectivity index (χ1n) is 8.59. The van der Waals surface area contributed by atoms with Crippen LogP contribution in [-0.4, -0.2) is 36.5 Å². The van der Waals surface area contributed by atoms with Crippen LogP contribution in [0.3, 0.4) is 0 Å². The lowest BCUT2D eigenvalue weighted by Gasteiger charge is -2.14. The van der Waals surface area contributed by atoms with Crippen LogP contribution in [0.4, 0.5) is 11.5 Å². The number of benzene rings is 2. The molecule has 27 heavy (non-hydrogen) atoms. The molecule has 140 valence electrons. The molecule has 2 aromatic carbocycles. The van der Waals surface area contributed by atoms with Gasteiger partial charge < -0.3 is 20.5 Å². The van der Waals surface area contributed by atoms with Crippen molar-refractivity contribution in [2.45, 2.75) is 12.8 Å². The SMILES string of the molecule is COc1cc2ncnc(Nc3ccccc3CC(=O)CCN)c2cc1OC. The number of hydrogen-bond donors (Lipinski definition) is 2. The quantitative estimate of drug-likeness (QED) is 0.632. The standard InChI is InChI=1S/C20H22N4O3/c1-26-18-10-15-17(11-19(18)27-2)22-12-23-20(15)24-16-6-4-3-5-13(16)9-14(25)7-8-21/h3-6,10-12H,7-9,21H2,1-2H3,(H,22,23,24). The van der Waals surface area contributed by atoms with Crippen molar-refractivity contribution in [2.75, 3.05) is 26.1 Å². The number of hydrogen-bond acceptors (Lipinski definition) is 7. The second-order valence-corrected chi connectivity index (χ2v) is 5.98. The van der Waals surface area contributed by atoms with Gasteiger partial charge in [-0.2, -0.15) is 0 Å². The maximum absolute atomic E-state index is 12.0. The van der Waals surface area contributed by atoms with E-state index in [1.807, 2.05) is 30.3 Å². The third kappa shape index (κ3) is 4.15. The molecule has 0 spiro atoms. The largest absolute Gasteiger partial charge is 0.493 e. The number of carbonyl (C=O) groups excluding carboxylic acids is 1. The Morgan fingerprint density at radius 2 is 1.85 bits per heavy atom. The zero-order chi connectivity index (χ0) is 19.2. The molecule has 0 aliphatic carbocycles. The lowest BCUT2D eigenvalue weighted by molar-refractivity contribution is -0.118. The lowest BCUT2D eigenvalue weighted by atomic mass is 10.0. The molecule has 3 aromatic rings. The summed E-state index contributed by atoms with van der Waals surface area (Å²) in [4.78, 5) is 20.7. The van der Waals surface area contributed by atoms with Gasteiger partial charge in [0, 0.05) is 30.0 Å². The topological polar surface area (TPSA) is 99.4 Å². The van der Waals surface area contributed by atoms with E-state index < -0.39 is 0 Å². The van der Waals surface area contributed by atoms with Gasteiger partial charge in [0.1, 0.15) is 17.9 Å². The fourth-order valence-electron chi connectivity index (χ4n) is 2.87. The molecule has 0 saturated carbocycles. The molecule has 0 saturated heterocycles. The third-order valence-corrected chi connectivity index (χ3v) is 4.22. The van der Waals surface area contributed by atoms with Gasteiger partial charge >= 0.3 is 0 Å². The molecule has 0 unspecified atom stereocenters. The van der Waals surface area contributed by atoms with Crippen LogP contribution >= 0.6 is 0 Å². The Labute approximate surface area is 157 Å². The predicted molar refractivity (Wildman–Crippen MR) is 105 cm³/mol. The average Bonchev–Trinajstić information content (AvgIpc) is 2.68. The van der Waals surface area contributed by atoms with E-state index in [4.69, 9.17) is 15.2 Å². The molecule has 0 radical (unpaired) electrons. The molecule has 0 fully saturated rings. The Balaban J connectivity index is 1.99. The van der Waals surface area contributed by atoms with Gasteiger partial charge in [0.05, 0.1) is 19.7 Å². The van der Waals surface area contributed by atoms with E-state index >= 15 is 0 Å². The summed E-state index contributed by atoms with van der Waals surface area (Å²) >= 11 is 0. The summed E-state index contributed by atoms with van der Waals surface area (Å²) in [7, 11) is 3.16. The van der Waals surface area contributed by atoms with Crippen LogP contribution in [-0.2, 0) is 11.2 Å². The van der Waals surface area contributed by atoms with Gasteiger partial charge in [-0.25, -0.2) is 9.97 Å². The van der Waals surface area contributed by atoms with Crippen molar-refractivity contribution in [2.24, 2.45) is 5.73 Å². The molecule has 0 aliphatic heterocycles. The number of ether oxygens (including phenoxy) is 2. The number of methoxy groups -OCH3 is 2. The number of rotatable bonds is 8. The second-order valence-electron chi connectivity index (χ2n) is 5.98. The van der Waals surface area contributed by atoms with Crippen LogP contribution in [0.2, 0.25) is 0 Å². The van der Waals surface area contributed by atoms with Gasteiger partial charge in [-0.3, -0.25) is 4.79 Å². The first kappa shape index (κ1) is 18.6. The minimum Gasteiger partial charge on any atom is -0.493 e. The zero-order valence-corrected chi connectivity index (χ0v) is 15.4. The predicted octanol–water partition coefficient (Wildman–Crippen LogP) is 2.85. The Bertz CT molecular complexity index is 959. The van der Waals surface area contributed by atoms with Crippen LogP contribution in [0, 0.1) is 0 Å². The molecule has 1 aromatic heterocycles. The van der Waals surface area contributed by atoms with E-state index in [0.29, 0.717) is 36.7 Å². The van der Waals surface area contributed by atoms with E-state index in [9.17, 15) is 4.79 Å². The molecule has 0 amide bonds. The highest BCUT2D eigenvalue weighted by Crippen LogP contribution is 2.34. The first-order valence-corrected chi connectivity index (χ1v) is 8.59. The van der Waals surface area contributed by atoms with Crippen LogP contribution in [0.25, 0.3) is 10.9 Å². The summed E-state index contributed by atoms with van der Waals surface area (Å²) < 4.78 is 10.7. The molecule has 0 atom stereocenters.